The molecule has 1 aromatic heterocycles. The molecule has 0 aromatic carbocycles. The molecule has 1 saturated carbocycles. The maximum atomic E-state index is 8.62. The lowest BCUT2D eigenvalue weighted by atomic mass is 9.89. The molecule has 1 aliphatic carbocycles. The predicted octanol–water partition coefficient (Wildman–Crippen LogP) is 2.13. The van der Waals surface area contributed by atoms with Crippen LogP contribution in [0.5, 0.6) is 5.88 Å². The zero-order valence-electron chi connectivity index (χ0n) is 10.5. The Bertz CT molecular complexity index is 434. The van der Waals surface area contributed by atoms with E-state index < -0.39 is 0 Å². The van der Waals surface area contributed by atoms with Crippen LogP contribution in [-0.2, 0) is 0 Å². The topological polar surface area (TPSA) is 80.7 Å². The molecule has 1 fully saturated rings. The predicted molar refractivity (Wildman–Crippen MR) is 68.8 cm³/mol. The average molecular weight is 249 g/mol. The van der Waals surface area contributed by atoms with E-state index in [9.17, 15) is 0 Å². The molecule has 3 N–H and O–H groups in total. The molecule has 0 saturated heterocycles. The Balaban J connectivity index is 2.05. The van der Waals surface area contributed by atoms with E-state index >= 15 is 0 Å². The summed E-state index contributed by atoms with van der Waals surface area (Å²) in [4.78, 5) is 4.22. The maximum Gasteiger partial charge on any atom is 0.214 e. The van der Waals surface area contributed by atoms with E-state index in [4.69, 9.17) is 15.7 Å². The molecule has 0 aliphatic heterocycles. The Labute approximate surface area is 107 Å². The second kappa shape index (κ2) is 5.71. The quantitative estimate of drug-likeness (QED) is 0.372. The van der Waals surface area contributed by atoms with Gasteiger partial charge in [-0.3, -0.25) is 0 Å². The highest BCUT2D eigenvalue weighted by Crippen LogP contribution is 2.26. The highest BCUT2D eigenvalue weighted by Gasteiger charge is 2.20. The van der Waals surface area contributed by atoms with Gasteiger partial charge in [0.25, 0.3) is 0 Å². The Kier molecular flexibility index (Phi) is 4.02. The van der Waals surface area contributed by atoms with Crippen LogP contribution in [0.25, 0.3) is 0 Å². The molecule has 2 unspecified atom stereocenters. The monoisotopic (exact) mass is 249 g/mol. The van der Waals surface area contributed by atoms with Crippen LogP contribution in [0.1, 0.15) is 38.3 Å². The summed E-state index contributed by atoms with van der Waals surface area (Å²) in [5.74, 6) is 1.24. The number of hydrogen-bond donors (Lipinski definition) is 2. The van der Waals surface area contributed by atoms with Gasteiger partial charge in [0.15, 0.2) is 5.84 Å². The van der Waals surface area contributed by atoms with Crippen molar-refractivity contribution in [3.8, 4) is 5.88 Å². The van der Waals surface area contributed by atoms with Gasteiger partial charge in [-0.15, -0.1) is 0 Å². The van der Waals surface area contributed by atoms with Crippen molar-refractivity contribution in [2.75, 3.05) is 0 Å². The Morgan fingerprint density at radius 3 is 3.06 bits per heavy atom. The summed E-state index contributed by atoms with van der Waals surface area (Å²) in [5.41, 5.74) is 5.93. The summed E-state index contributed by atoms with van der Waals surface area (Å²) in [7, 11) is 0. The van der Waals surface area contributed by atoms with E-state index in [0.29, 0.717) is 17.5 Å². The van der Waals surface area contributed by atoms with Gasteiger partial charge in [0.2, 0.25) is 5.88 Å². The minimum atomic E-state index is -0.00235. The van der Waals surface area contributed by atoms with Crippen molar-refractivity contribution in [3.63, 3.8) is 0 Å². The Morgan fingerprint density at radius 2 is 2.33 bits per heavy atom. The zero-order valence-corrected chi connectivity index (χ0v) is 10.5. The van der Waals surface area contributed by atoms with Crippen molar-refractivity contribution in [2.24, 2.45) is 16.8 Å². The van der Waals surface area contributed by atoms with E-state index in [1.807, 2.05) is 0 Å². The number of amidine groups is 1. The van der Waals surface area contributed by atoms with Crippen molar-refractivity contribution in [3.05, 3.63) is 23.9 Å². The summed E-state index contributed by atoms with van der Waals surface area (Å²) in [6.07, 6.45) is 4.84. The lowest BCUT2D eigenvalue weighted by Crippen LogP contribution is -2.25. The van der Waals surface area contributed by atoms with Gasteiger partial charge in [-0.1, -0.05) is 24.6 Å². The fourth-order valence-electron chi connectivity index (χ4n) is 2.33. The van der Waals surface area contributed by atoms with Crippen LogP contribution >= 0.6 is 0 Å². The molecule has 5 nitrogen and oxygen atoms in total. The first-order valence-electron chi connectivity index (χ1n) is 6.30. The van der Waals surface area contributed by atoms with E-state index in [2.05, 4.69) is 17.1 Å². The van der Waals surface area contributed by atoms with Crippen LogP contribution in [0.15, 0.2) is 23.4 Å². The van der Waals surface area contributed by atoms with Gasteiger partial charge in [0.1, 0.15) is 11.8 Å². The van der Waals surface area contributed by atoms with E-state index in [0.717, 1.165) is 12.8 Å². The molecule has 0 spiro atoms. The number of rotatable bonds is 3. The fraction of sp³-hybridized carbons (Fsp3) is 0.538. The molecular weight excluding hydrogens is 230 g/mol. The molecule has 0 radical (unpaired) electrons. The van der Waals surface area contributed by atoms with Crippen LogP contribution in [0.4, 0.5) is 0 Å². The first kappa shape index (κ1) is 12.7. The lowest BCUT2D eigenvalue weighted by molar-refractivity contribution is 0.124. The Hall–Kier alpha value is -1.78. The number of pyridine rings is 1. The molecule has 0 bridgehead atoms. The molecule has 18 heavy (non-hydrogen) atoms. The Morgan fingerprint density at radius 1 is 1.50 bits per heavy atom. The maximum absolute atomic E-state index is 8.62. The molecule has 1 aromatic rings. The van der Waals surface area contributed by atoms with E-state index in [1.54, 1.807) is 18.2 Å². The number of hydrogen-bond acceptors (Lipinski definition) is 4. The van der Waals surface area contributed by atoms with Gasteiger partial charge in [0, 0.05) is 6.07 Å². The van der Waals surface area contributed by atoms with Gasteiger partial charge in [-0.05, 0) is 31.2 Å². The second-order valence-electron chi connectivity index (χ2n) is 4.86. The third kappa shape index (κ3) is 3.12. The molecule has 1 aliphatic rings. The zero-order chi connectivity index (χ0) is 13.0. The first-order valence-corrected chi connectivity index (χ1v) is 6.30. The molecule has 2 rings (SSSR count). The van der Waals surface area contributed by atoms with Gasteiger partial charge < -0.3 is 15.7 Å². The van der Waals surface area contributed by atoms with Crippen LogP contribution in [0.2, 0.25) is 0 Å². The van der Waals surface area contributed by atoms with Crippen LogP contribution in [0.3, 0.4) is 0 Å². The molecule has 0 amide bonds. The SMILES string of the molecule is CC1CCCC(Oc2cccc(C(N)=NO)n2)C1. The van der Waals surface area contributed by atoms with E-state index in [-0.39, 0.29) is 11.9 Å². The molecule has 98 valence electrons. The first-order chi connectivity index (χ1) is 8.69. The number of nitrogens with zero attached hydrogens (tertiary/aromatic N) is 2. The smallest absolute Gasteiger partial charge is 0.214 e. The van der Waals surface area contributed by atoms with Crippen molar-refractivity contribution < 1.29 is 9.94 Å². The number of oxime groups is 1. The van der Waals surface area contributed by atoms with Crippen LogP contribution < -0.4 is 10.5 Å². The summed E-state index contributed by atoms with van der Waals surface area (Å²) in [6.45, 7) is 2.25. The second-order valence-corrected chi connectivity index (χ2v) is 4.86. The fourth-order valence-corrected chi connectivity index (χ4v) is 2.33. The van der Waals surface area contributed by atoms with Crippen LogP contribution in [0, 0.1) is 5.92 Å². The molecule has 2 atom stereocenters. The summed E-state index contributed by atoms with van der Waals surface area (Å²) in [6, 6.07) is 5.28. The largest absolute Gasteiger partial charge is 0.474 e. The minimum Gasteiger partial charge on any atom is -0.474 e. The van der Waals surface area contributed by atoms with E-state index in [1.165, 1.54) is 12.8 Å². The lowest BCUT2D eigenvalue weighted by Gasteiger charge is -2.26. The summed E-state index contributed by atoms with van der Waals surface area (Å²) >= 11 is 0. The molecular formula is C13H19N3O2. The highest BCUT2D eigenvalue weighted by molar-refractivity contribution is 5.95. The summed E-state index contributed by atoms with van der Waals surface area (Å²) < 4.78 is 5.86. The minimum absolute atomic E-state index is 0.00235. The number of nitrogens with two attached hydrogens (primary N) is 1. The number of ether oxygens (including phenoxy) is 1. The molecule has 1 heterocycles. The van der Waals surface area contributed by atoms with Crippen molar-refractivity contribution >= 4 is 5.84 Å². The van der Waals surface area contributed by atoms with Crippen LogP contribution in [-0.4, -0.2) is 22.1 Å². The number of aromatic nitrogens is 1. The van der Waals surface area contributed by atoms with Gasteiger partial charge in [-0.2, -0.15) is 0 Å². The van der Waals surface area contributed by atoms with Gasteiger partial charge in [-0.25, -0.2) is 4.98 Å². The third-order valence-corrected chi connectivity index (χ3v) is 3.27. The van der Waals surface area contributed by atoms with Crippen molar-refractivity contribution in [2.45, 2.75) is 38.7 Å². The van der Waals surface area contributed by atoms with Gasteiger partial charge in [0.05, 0.1) is 0 Å². The average Bonchev–Trinajstić information content (AvgIpc) is 2.38. The summed E-state index contributed by atoms with van der Waals surface area (Å²) in [5, 5.41) is 11.6. The standard InChI is InChI=1S/C13H19N3O2/c1-9-4-2-5-10(8-9)18-12-7-3-6-11(15-12)13(14)16-17/h3,6-7,9-10,17H,2,4-5,8H2,1H3,(H2,14,16). The third-order valence-electron chi connectivity index (χ3n) is 3.27. The molecule has 5 heteroatoms. The van der Waals surface area contributed by atoms with Crippen molar-refractivity contribution in [1.82, 2.24) is 4.98 Å². The van der Waals surface area contributed by atoms with Crippen molar-refractivity contribution in [1.29, 1.82) is 0 Å². The van der Waals surface area contributed by atoms with Gasteiger partial charge >= 0.3 is 0 Å². The highest BCUT2D eigenvalue weighted by atomic mass is 16.5. The normalized spacial score (nSPS) is 24.8.